The Hall–Kier alpha value is -0.300. The van der Waals surface area contributed by atoms with Crippen LogP contribution in [0.5, 0.6) is 0 Å². The van der Waals surface area contributed by atoms with Crippen LogP contribution in [0.3, 0.4) is 0 Å². The second kappa shape index (κ2) is 2.39. The van der Waals surface area contributed by atoms with E-state index in [1.807, 2.05) is 6.08 Å². The normalized spacial score (nSPS) is 18.8. The van der Waals surface area contributed by atoms with Gasteiger partial charge < -0.3 is 0 Å². The number of halogens is 1. The van der Waals surface area contributed by atoms with Crippen molar-refractivity contribution in [3.05, 3.63) is 11.6 Å². The second-order valence-electron chi connectivity index (χ2n) is 3.56. The van der Waals surface area contributed by atoms with Crippen LogP contribution in [0, 0.1) is 5.41 Å². The molecule has 0 radical (unpaired) electrons. The van der Waals surface area contributed by atoms with Gasteiger partial charge in [0.2, 0.25) is 0 Å². The van der Waals surface area contributed by atoms with Crippen molar-refractivity contribution in [1.29, 1.82) is 0 Å². The van der Waals surface area contributed by atoms with E-state index in [0.717, 1.165) is 6.54 Å². The van der Waals surface area contributed by atoms with Gasteiger partial charge in [-0.15, -0.1) is 0 Å². The largest absolute Gasteiger partial charge is 0.269 e. The van der Waals surface area contributed by atoms with E-state index in [0.29, 0.717) is 5.17 Å². The average Bonchev–Trinajstić information content (AvgIpc) is 2.11. The van der Waals surface area contributed by atoms with Gasteiger partial charge in [0.05, 0.1) is 6.54 Å². The van der Waals surface area contributed by atoms with Crippen LogP contribution in [0.1, 0.15) is 20.8 Å². The van der Waals surface area contributed by atoms with Crippen molar-refractivity contribution >= 4 is 16.8 Å². The van der Waals surface area contributed by atoms with Gasteiger partial charge in [-0.25, -0.2) is 0 Å². The van der Waals surface area contributed by atoms with Crippen LogP contribution < -0.4 is 0 Å². The molecule has 0 aromatic carbocycles. The minimum atomic E-state index is 0.222. The summed E-state index contributed by atoms with van der Waals surface area (Å²) in [6.07, 6.45) is 1.96. The van der Waals surface area contributed by atoms with Crippen LogP contribution in [0.2, 0.25) is 0 Å². The molecule has 0 saturated carbocycles. The maximum Gasteiger partial charge on any atom is 0.123 e. The number of nitrogens with zero attached hydrogens (tertiary/aromatic N) is 1. The lowest BCUT2D eigenvalue weighted by atomic mass is 9.87. The van der Waals surface area contributed by atoms with Gasteiger partial charge in [-0.3, -0.25) is 4.99 Å². The smallest absolute Gasteiger partial charge is 0.123 e. The molecule has 0 unspecified atom stereocenters. The molecule has 0 aromatic rings. The zero-order valence-corrected chi connectivity index (χ0v) is 7.37. The van der Waals surface area contributed by atoms with E-state index in [-0.39, 0.29) is 5.41 Å². The summed E-state index contributed by atoms with van der Waals surface area (Å²) in [5, 5.41) is 0.643. The van der Waals surface area contributed by atoms with E-state index in [2.05, 4.69) is 25.8 Å². The van der Waals surface area contributed by atoms with Gasteiger partial charge in [0.15, 0.2) is 0 Å². The van der Waals surface area contributed by atoms with Crippen molar-refractivity contribution in [2.24, 2.45) is 10.4 Å². The third-order valence-electron chi connectivity index (χ3n) is 1.66. The molecule has 0 bridgehead atoms. The summed E-state index contributed by atoms with van der Waals surface area (Å²) >= 11 is 5.69. The summed E-state index contributed by atoms with van der Waals surface area (Å²) < 4.78 is 0. The molecule has 10 heavy (non-hydrogen) atoms. The van der Waals surface area contributed by atoms with E-state index in [1.165, 1.54) is 5.57 Å². The van der Waals surface area contributed by atoms with Gasteiger partial charge in [0.1, 0.15) is 5.17 Å². The van der Waals surface area contributed by atoms with Crippen LogP contribution in [-0.2, 0) is 0 Å². The van der Waals surface area contributed by atoms with Gasteiger partial charge in [-0.05, 0) is 17.1 Å². The van der Waals surface area contributed by atoms with Gasteiger partial charge in [0.25, 0.3) is 0 Å². The summed E-state index contributed by atoms with van der Waals surface area (Å²) in [6, 6.07) is 0. The van der Waals surface area contributed by atoms with Crippen LogP contribution in [-0.4, -0.2) is 11.7 Å². The van der Waals surface area contributed by atoms with E-state index in [4.69, 9.17) is 11.6 Å². The van der Waals surface area contributed by atoms with Crippen LogP contribution >= 0.6 is 11.6 Å². The number of hydrogen-bond acceptors (Lipinski definition) is 1. The number of aliphatic imine (C=N–C) groups is 1. The van der Waals surface area contributed by atoms with E-state index < -0.39 is 0 Å². The lowest BCUT2D eigenvalue weighted by Crippen LogP contribution is -2.09. The number of allylic oxidation sites excluding steroid dienone is 1. The Morgan fingerprint density at radius 2 is 2.10 bits per heavy atom. The van der Waals surface area contributed by atoms with Crippen molar-refractivity contribution < 1.29 is 0 Å². The Kier molecular flexibility index (Phi) is 1.86. The topological polar surface area (TPSA) is 12.4 Å². The van der Waals surface area contributed by atoms with Crippen LogP contribution in [0.25, 0.3) is 0 Å². The molecule has 1 nitrogen and oxygen atoms in total. The van der Waals surface area contributed by atoms with Gasteiger partial charge in [-0.2, -0.15) is 0 Å². The molecular formula is C8H12ClN. The van der Waals surface area contributed by atoms with E-state index in [1.54, 1.807) is 0 Å². The first-order valence-electron chi connectivity index (χ1n) is 3.41. The molecular weight excluding hydrogens is 146 g/mol. The summed E-state index contributed by atoms with van der Waals surface area (Å²) in [6.45, 7) is 7.29. The molecule has 0 atom stereocenters. The molecule has 1 aliphatic rings. The first kappa shape index (κ1) is 7.80. The average molecular weight is 158 g/mol. The molecule has 0 amide bonds. The zero-order valence-electron chi connectivity index (χ0n) is 6.61. The molecule has 0 saturated heterocycles. The zero-order chi connectivity index (χ0) is 7.78. The standard InChI is InChI=1S/C8H12ClN/c1-8(2,3)6-4-7(9)10-5-6/h4H,5H2,1-3H3. The first-order valence-corrected chi connectivity index (χ1v) is 3.79. The Balaban J connectivity index is 2.73. The quantitative estimate of drug-likeness (QED) is 0.513. The fourth-order valence-electron chi connectivity index (χ4n) is 0.849. The van der Waals surface area contributed by atoms with Crippen molar-refractivity contribution in [1.82, 2.24) is 0 Å². The predicted octanol–water partition coefficient (Wildman–Crippen LogP) is 2.61. The molecule has 0 fully saturated rings. The Morgan fingerprint density at radius 1 is 1.50 bits per heavy atom. The molecule has 0 aliphatic carbocycles. The van der Waals surface area contributed by atoms with Crippen molar-refractivity contribution in [2.75, 3.05) is 6.54 Å². The summed E-state index contributed by atoms with van der Waals surface area (Å²) in [5.41, 5.74) is 1.54. The summed E-state index contributed by atoms with van der Waals surface area (Å²) in [5.74, 6) is 0. The highest BCUT2D eigenvalue weighted by Crippen LogP contribution is 2.28. The van der Waals surface area contributed by atoms with Gasteiger partial charge in [0, 0.05) is 0 Å². The van der Waals surface area contributed by atoms with Gasteiger partial charge >= 0.3 is 0 Å². The molecule has 0 spiro atoms. The number of rotatable bonds is 0. The minimum absolute atomic E-state index is 0.222. The maximum absolute atomic E-state index is 5.69. The molecule has 56 valence electrons. The van der Waals surface area contributed by atoms with E-state index >= 15 is 0 Å². The SMILES string of the molecule is CC(C)(C)C1=CC(Cl)=NC1. The van der Waals surface area contributed by atoms with Crippen molar-refractivity contribution in [3.8, 4) is 0 Å². The molecule has 0 aromatic heterocycles. The highest BCUT2D eigenvalue weighted by atomic mass is 35.5. The lowest BCUT2D eigenvalue weighted by molar-refractivity contribution is 0.499. The summed E-state index contributed by atoms with van der Waals surface area (Å²) in [4.78, 5) is 4.07. The van der Waals surface area contributed by atoms with Crippen molar-refractivity contribution in [3.63, 3.8) is 0 Å². The predicted molar refractivity (Wildman–Crippen MR) is 45.7 cm³/mol. The first-order chi connectivity index (χ1) is 4.50. The molecule has 2 heteroatoms. The van der Waals surface area contributed by atoms with Gasteiger partial charge in [-0.1, -0.05) is 32.4 Å². The Morgan fingerprint density at radius 3 is 2.30 bits per heavy atom. The Bertz CT molecular complexity index is 196. The lowest BCUT2D eigenvalue weighted by Gasteiger charge is -2.18. The third-order valence-corrected chi connectivity index (χ3v) is 1.89. The number of hydrogen-bond donors (Lipinski definition) is 0. The highest BCUT2D eigenvalue weighted by Gasteiger charge is 2.19. The van der Waals surface area contributed by atoms with Crippen LogP contribution in [0.15, 0.2) is 16.6 Å². The monoisotopic (exact) mass is 157 g/mol. The molecule has 1 rings (SSSR count). The minimum Gasteiger partial charge on any atom is -0.269 e. The molecule has 1 aliphatic heterocycles. The van der Waals surface area contributed by atoms with Crippen molar-refractivity contribution in [2.45, 2.75) is 20.8 Å². The Labute approximate surface area is 66.8 Å². The van der Waals surface area contributed by atoms with Crippen LogP contribution in [0.4, 0.5) is 0 Å². The highest BCUT2D eigenvalue weighted by molar-refractivity contribution is 6.68. The molecule has 1 heterocycles. The fraction of sp³-hybridized carbons (Fsp3) is 0.625. The third kappa shape index (κ3) is 1.60. The maximum atomic E-state index is 5.69. The summed E-state index contributed by atoms with van der Waals surface area (Å²) in [7, 11) is 0. The fourth-order valence-corrected chi connectivity index (χ4v) is 1.04. The second-order valence-corrected chi connectivity index (χ2v) is 3.95. The molecule has 0 N–H and O–H groups in total. The van der Waals surface area contributed by atoms with E-state index in [9.17, 15) is 0 Å².